The van der Waals surface area contributed by atoms with Gasteiger partial charge in [0.1, 0.15) is 17.7 Å². The number of benzene rings is 2. The monoisotopic (exact) mass is 1130 g/mol. The predicted molar refractivity (Wildman–Crippen MR) is 262 cm³/mol. The molecule has 3 saturated heterocycles. The number of carbonyl (C=O) groups is 4. The van der Waals surface area contributed by atoms with E-state index in [1.54, 1.807) is 36.7 Å². The number of carbonyl (C=O) groups excluding carboxylic acids is 4. The first kappa shape index (κ1) is 60.2. The second kappa shape index (κ2) is 24.1. The summed E-state index contributed by atoms with van der Waals surface area (Å²) in [5.74, 6) is -10.1. The topological polar surface area (TPSA) is 194 Å². The van der Waals surface area contributed by atoms with E-state index in [-0.39, 0.29) is 22.4 Å². The maximum atomic E-state index is 16.1. The van der Waals surface area contributed by atoms with E-state index in [4.69, 9.17) is 4.74 Å². The molecule has 0 spiro atoms. The van der Waals surface area contributed by atoms with Gasteiger partial charge in [-0.15, -0.1) is 0 Å². The van der Waals surface area contributed by atoms with Crippen LogP contribution in [0, 0.1) is 34.3 Å². The molecule has 0 aliphatic carbocycles. The summed E-state index contributed by atoms with van der Waals surface area (Å²) in [5.41, 5.74) is -3.78. The molecule has 7 rings (SSSR count). The number of piperazine rings is 1. The van der Waals surface area contributed by atoms with E-state index in [1.807, 2.05) is 5.32 Å². The Bertz CT molecular complexity index is 2760. The van der Waals surface area contributed by atoms with Crippen molar-refractivity contribution in [2.45, 2.75) is 116 Å². The Labute approximate surface area is 447 Å². The maximum Gasteiger partial charge on any atom is 0.407 e. The third kappa shape index (κ3) is 13.6. The van der Waals surface area contributed by atoms with Crippen LogP contribution in [0.3, 0.4) is 0 Å². The average Bonchev–Trinajstić information content (AvgIpc) is 4.20. The first-order valence-corrected chi connectivity index (χ1v) is 25.2. The first-order valence-electron chi connectivity index (χ1n) is 25.2. The molecule has 2 amide bonds. The SMILES string of the molecule is COC(=O)C[C@H](C(=O)NN(Cc1c(F)cc(-c2ccn(C(F)F)n2)cc1F)C[C@H](O)[C@@H](CC(=O)[C@@H](NC(=O)OC)C(C)(C)C(F)(F)F)Cc1ccc(-c2cnc(N3CC4CCC(C3)N4C3COC3)nc2)cc1)C(C)(C)C(F)(F)F. The maximum absolute atomic E-state index is 16.1. The first-order chi connectivity index (χ1) is 37.0. The fourth-order valence-electron chi connectivity index (χ4n) is 10.2. The van der Waals surface area contributed by atoms with Gasteiger partial charge in [0.2, 0.25) is 11.9 Å². The molecule has 0 radical (unpaired) electrons. The van der Waals surface area contributed by atoms with Gasteiger partial charge < -0.3 is 29.5 Å². The number of aromatic nitrogens is 4. The molecular formula is C52H61F10N9O8. The Morgan fingerprint density at radius 2 is 1.41 bits per heavy atom. The number of ether oxygens (including phenoxy) is 3. The van der Waals surface area contributed by atoms with Crippen molar-refractivity contribution in [3.05, 3.63) is 83.8 Å². The molecule has 0 saturated carbocycles. The Morgan fingerprint density at radius 3 is 1.91 bits per heavy atom. The summed E-state index contributed by atoms with van der Waals surface area (Å²) in [7, 11) is 1.70. The number of aliphatic hydroxyl groups excluding tert-OH is 1. The van der Waals surface area contributed by atoms with Crippen molar-refractivity contribution in [1.82, 2.24) is 40.4 Å². The number of nitrogens with zero attached hydrogens (tertiary/aromatic N) is 7. The second-order valence-corrected chi connectivity index (χ2v) is 21.2. The minimum Gasteiger partial charge on any atom is -0.469 e. The third-order valence-electron chi connectivity index (χ3n) is 15.3. The highest BCUT2D eigenvalue weighted by atomic mass is 19.4. The van der Waals surface area contributed by atoms with Crippen LogP contribution in [0.15, 0.2) is 61.1 Å². The standard InChI is InChI=1S/C52H61F10N9O8/c1-49(2,51(57,58)59)37(19-43(74)77-5)45(75)67-69(24-36-38(53)16-30(17-39(36)54)40-13-14-70(66-40)46(55)56)25-42(73)31(18-41(72)44(65-48(76)78-6)50(3,4)52(60,61)62)15-28-7-9-29(10-8-28)32-20-63-47(64-21-32)68-22-33-11-12-34(23-68)71(33)35-26-79-27-35/h7-10,13-14,16-17,20-21,31,33-35,37,42,44,46,73H,11-12,15,18-19,22-27H2,1-6H3,(H,65,76)(H,67,75)/t31-,33?,34?,37-,42+,44-/m1/s1. The summed E-state index contributed by atoms with van der Waals surface area (Å²) in [5, 5.41) is 18.3. The van der Waals surface area contributed by atoms with Gasteiger partial charge in [-0.25, -0.2) is 33.2 Å². The number of alkyl carbamates (subject to hydrolysis) is 1. The van der Waals surface area contributed by atoms with Gasteiger partial charge in [0.25, 0.3) is 0 Å². The summed E-state index contributed by atoms with van der Waals surface area (Å²) in [4.78, 5) is 67.3. The number of alkyl halides is 8. The quantitative estimate of drug-likeness (QED) is 0.0392. The number of nitrogens with one attached hydrogen (secondary N) is 2. The molecule has 79 heavy (non-hydrogen) atoms. The Kier molecular flexibility index (Phi) is 18.4. The van der Waals surface area contributed by atoms with Crippen LogP contribution in [0.25, 0.3) is 22.4 Å². The van der Waals surface area contributed by atoms with Crippen molar-refractivity contribution >= 4 is 29.7 Å². The van der Waals surface area contributed by atoms with E-state index in [9.17, 15) is 59.4 Å². The van der Waals surface area contributed by atoms with Gasteiger partial charge in [-0.05, 0) is 68.4 Å². The lowest BCUT2D eigenvalue weighted by Crippen LogP contribution is -2.62. The number of rotatable bonds is 22. The summed E-state index contributed by atoms with van der Waals surface area (Å²) in [6, 6.07) is 7.63. The third-order valence-corrected chi connectivity index (χ3v) is 15.3. The van der Waals surface area contributed by atoms with Crippen molar-refractivity contribution in [3.8, 4) is 22.4 Å². The smallest absolute Gasteiger partial charge is 0.407 e. The van der Waals surface area contributed by atoms with Gasteiger partial charge >= 0.3 is 31.0 Å². The summed E-state index contributed by atoms with van der Waals surface area (Å²) >= 11 is 0. The fraction of sp³-hybridized carbons (Fsp3) is 0.558. The molecule has 5 heterocycles. The predicted octanol–water partition coefficient (Wildman–Crippen LogP) is 7.83. The van der Waals surface area contributed by atoms with Crippen molar-refractivity contribution in [1.29, 1.82) is 0 Å². The van der Waals surface area contributed by atoms with Crippen molar-refractivity contribution in [2.24, 2.45) is 22.7 Å². The molecule has 3 aliphatic rings. The van der Waals surface area contributed by atoms with Gasteiger partial charge in [0.15, 0.2) is 5.78 Å². The van der Waals surface area contributed by atoms with Gasteiger partial charge in [0.05, 0.1) is 68.4 Å². The number of esters is 1. The van der Waals surface area contributed by atoms with Crippen molar-refractivity contribution in [3.63, 3.8) is 0 Å². The second-order valence-electron chi connectivity index (χ2n) is 21.2. The van der Waals surface area contributed by atoms with Crippen LogP contribution in [-0.2, 0) is 41.6 Å². The molecule has 2 aromatic heterocycles. The Balaban J connectivity index is 1.20. The molecule has 2 unspecified atom stereocenters. The zero-order valence-electron chi connectivity index (χ0n) is 43.9. The van der Waals surface area contributed by atoms with Gasteiger partial charge in [-0.3, -0.25) is 24.7 Å². The molecular weight excluding hydrogens is 1070 g/mol. The largest absolute Gasteiger partial charge is 0.469 e. The molecule has 432 valence electrons. The number of hydrogen-bond acceptors (Lipinski definition) is 14. The highest BCUT2D eigenvalue weighted by molar-refractivity contribution is 5.88. The molecule has 17 nitrogen and oxygen atoms in total. The average molecular weight is 1130 g/mol. The summed E-state index contributed by atoms with van der Waals surface area (Å²) in [6.07, 6.45) is -9.96. The number of anilines is 1. The number of fused-ring (bicyclic) bond motifs is 2. The van der Waals surface area contributed by atoms with E-state index in [1.165, 1.54) is 0 Å². The lowest BCUT2D eigenvalue weighted by molar-refractivity contribution is -0.231. The number of aliphatic hydroxyl groups is 1. The Morgan fingerprint density at radius 1 is 0.810 bits per heavy atom. The molecule has 27 heteroatoms. The van der Waals surface area contributed by atoms with Crippen LogP contribution in [0.4, 0.5) is 54.6 Å². The van der Waals surface area contributed by atoms with E-state index in [0.29, 0.717) is 85.6 Å². The Hall–Kier alpha value is -6.45. The highest BCUT2D eigenvalue weighted by Crippen LogP contribution is 2.46. The normalized spacial score (nSPS) is 18.9. The van der Waals surface area contributed by atoms with Crippen molar-refractivity contribution in [2.75, 3.05) is 52.0 Å². The number of amides is 2. The van der Waals surface area contributed by atoms with Gasteiger partial charge in [-0.1, -0.05) is 38.1 Å². The zero-order chi connectivity index (χ0) is 57.9. The lowest BCUT2D eigenvalue weighted by atomic mass is 9.75. The number of methoxy groups -OCH3 is 2. The van der Waals surface area contributed by atoms with Crippen LogP contribution >= 0.6 is 0 Å². The van der Waals surface area contributed by atoms with E-state index in [2.05, 4.69) is 39.8 Å². The number of hydrogen-bond donors (Lipinski definition) is 3. The molecule has 3 aliphatic heterocycles. The van der Waals surface area contributed by atoms with Crippen LogP contribution in [0.1, 0.15) is 71.1 Å². The van der Waals surface area contributed by atoms with E-state index < -0.39 is 121 Å². The molecule has 3 N–H and O–H groups in total. The minimum absolute atomic E-state index is 0.212. The lowest BCUT2D eigenvalue weighted by Gasteiger charge is -2.47. The number of hydrazine groups is 1. The number of halogens is 10. The summed E-state index contributed by atoms with van der Waals surface area (Å²) < 4.78 is 161. The van der Waals surface area contributed by atoms with Crippen LogP contribution < -0.4 is 15.6 Å². The van der Waals surface area contributed by atoms with Crippen LogP contribution in [-0.4, -0.2) is 148 Å². The summed E-state index contributed by atoms with van der Waals surface area (Å²) in [6.45, 7) is 0.219. The molecule has 2 bridgehead atoms. The molecule has 3 fully saturated rings. The zero-order valence-corrected chi connectivity index (χ0v) is 43.9. The van der Waals surface area contributed by atoms with Gasteiger partial charge in [-0.2, -0.15) is 40.2 Å². The number of ketones is 1. The highest BCUT2D eigenvalue weighted by Gasteiger charge is 2.57. The van der Waals surface area contributed by atoms with Crippen LogP contribution in [0.2, 0.25) is 0 Å². The fourth-order valence-corrected chi connectivity index (χ4v) is 10.2. The molecule has 4 aromatic rings. The number of Topliss-reactive ketones (excluding diaryl/α,β-unsaturated/α-hetero) is 1. The van der Waals surface area contributed by atoms with Crippen LogP contribution in [0.5, 0.6) is 0 Å². The molecule has 6 atom stereocenters. The molecule has 2 aromatic carbocycles. The minimum atomic E-state index is -5.16. The van der Waals surface area contributed by atoms with Gasteiger partial charge in [0, 0.05) is 80.0 Å². The van der Waals surface area contributed by atoms with E-state index in [0.717, 1.165) is 65.6 Å². The van der Waals surface area contributed by atoms with E-state index >= 15 is 8.78 Å². The van der Waals surface area contributed by atoms with Crippen molar-refractivity contribution < 1.29 is 82.4 Å².